The number of fused-ring (bicyclic) bond motifs is 1. The summed E-state index contributed by atoms with van der Waals surface area (Å²) < 4.78 is 0. The first-order valence-corrected chi connectivity index (χ1v) is 10.6. The molecule has 3 heterocycles. The summed E-state index contributed by atoms with van der Waals surface area (Å²) in [5.74, 6) is -0.261. The van der Waals surface area contributed by atoms with E-state index < -0.39 is 5.97 Å². The number of carboxylic acids is 1. The van der Waals surface area contributed by atoms with Crippen molar-refractivity contribution >= 4 is 16.9 Å². The minimum Gasteiger partial charge on any atom is -0.477 e. The zero-order chi connectivity index (χ0) is 20.0. The fraction of sp³-hybridized carbons (Fsp3) is 0.417. The lowest BCUT2D eigenvalue weighted by Crippen LogP contribution is -2.33. The van der Waals surface area contributed by atoms with Gasteiger partial charge in [0.1, 0.15) is 5.69 Å². The van der Waals surface area contributed by atoms with Gasteiger partial charge in [0.05, 0.1) is 0 Å². The molecule has 0 amide bonds. The molecule has 5 nitrogen and oxygen atoms in total. The van der Waals surface area contributed by atoms with E-state index in [-0.39, 0.29) is 5.69 Å². The number of carboxylic acid groups (broad SMARTS) is 1. The smallest absolute Gasteiger partial charge is 0.354 e. The van der Waals surface area contributed by atoms with Crippen LogP contribution in [0.3, 0.4) is 0 Å². The van der Waals surface area contributed by atoms with Gasteiger partial charge in [0.2, 0.25) is 0 Å². The number of rotatable bonds is 5. The van der Waals surface area contributed by atoms with Crippen molar-refractivity contribution in [2.75, 3.05) is 6.54 Å². The van der Waals surface area contributed by atoms with Gasteiger partial charge in [-0.15, -0.1) is 0 Å². The quantitative estimate of drug-likeness (QED) is 0.631. The van der Waals surface area contributed by atoms with Gasteiger partial charge in [-0.2, -0.15) is 0 Å². The number of aromatic amines is 1. The highest BCUT2D eigenvalue weighted by Gasteiger charge is 2.31. The summed E-state index contributed by atoms with van der Waals surface area (Å²) >= 11 is 0. The molecule has 5 rings (SSSR count). The molecule has 1 saturated carbocycles. The minimum absolute atomic E-state index is 0.111. The van der Waals surface area contributed by atoms with Crippen LogP contribution in [0.25, 0.3) is 10.9 Å². The molecular formula is C24H27N3O2. The second kappa shape index (κ2) is 7.30. The monoisotopic (exact) mass is 389 g/mol. The van der Waals surface area contributed by atoms with E-state index in [1.807, 2.05) is 6.07 Å². The Morgan fingerprint density at radius 3 is 2.83 bits per heavy atom. The number of hydrogen-bond donors (Lipinski definition) is 2. The molecule has 0 radical (unpaired) electrons. The third-order valence-corrected chi connectivity index (χ3v) is 6.57. The zero-order valence-corrected chi connectivity index (χ0v) is 16.8. The fourth-order valence-electron chi connectivity index (χ4n) is 4.92. The maximum Gasteiger partial charge on any atom is 0.354 e. The van der Waals surface area contributed by atoms with Crippen LogP contribution in [0.4, 0.5) is 0 Å². The van der Waals surface area contributed by atoms with Crippen molar-refractivity contribution in [3.05, 3.63) is 64.6 Å². The Morgan fingerprint density at radius 2 is 2.10 bits per heavy atom. The lowest BCUT2D eigenvalue weighted by molar-refractivity contribution is 0.0690. The van der Waals surface area contributed by atoms with E-state index in [2.05, 4.69) is 40.1 Å². The van der Waals surface area contributed by atoms with Crippen molar-refractivity contribution in [3.63, 3.8) is 0 Å². The summed E-state index contributed by atoms with van der Waals surface area (Å²) in [6.45, 7) is 4.20. The fourth-order valence-corrected chi connectivity index (χ4v) is 4.92. The van der Waals surface area contributed by atoms with Gasteiger partial charge in [-0.25, -0.2) is 9.78 Å². The number of aryl methyl sites for hydroxylation is 1. The molecule has 1 aromatic carbocycles. The number of aromatic carboxylic acids is 1. The molecule has 2 aliphatic rings. The summed E-state index contributed by atoms with van der Waals surface area (Å²) in [7, 11) is 0. The second-order valence-corrected chi connectivity index (χ2v) is 8.57. The Bertz CT molecular complexity index is 1050. The highest BCUT2D eigenvalue weighted by molar-refractivity contribution is 5.87. The van der Waals surface area contributed by atoms with Crippen molar-refractivity contribution in [3.8, 4) is 0 Å². The highest BCUT2D eigenvalue weighted by atomic mass is 16.4. The third kappa shape index (κ3) is 3.44. The van der Waals surface area contributed by atoms with Gasteiger partial charge in [0.25, 0.3) is 0 Å². The van der Waals surface area contributed by atoms with Gasteiger partial charge in [-0.1, -0.05) is 18.6 Å². The Balaban J connectivity index is 1.50. The van der Waals surface area contributed by atoms with Crippen molar-refractivity contribution in [2.45, 2.75) is 57.5 Å². The number of aromatic nitrogens is 2. The van der Waals surface area contributed by atoms with Crippen molar-refractivity contribution < 1.29 is 9.90 Å². The molecule has 1 atom stereocenters. The van der Waals surface area contributed by atoms with E-state index in [1.165, 1.54) is 53.3 Å². The van der Waals surface area contributed by atoms with E-state index in [0.29, 0.717) is 12.0 Å². The van der Waals surface area contributed by atoms with Gasteiger partial charge >= 0.3 is 5.97 Å². The summed E-state index contributed by atoms with van der Waals surface area (Å²) in [5, 5.41) is 10.5. The van der Waals surface area contributed by atoms with Crippen LogP contribution in [0, 0.1) is 6.92 Å². The molecule has 150 valence electrons. The molecule has 1 aliphatic carbocycles. The highest BCUT2D eigenvalue weighted by Crippen LogP contribution is 2.45. The molecule has 2 N–H and O–H groups in total. The van der Waals surface area contributed by atoms with Crippen molar-refractivity contribution in [1.29, 1.82) is 0 Å². The molecule has 3 aromatic rings. The number of pyridine rings is 1. The second-order valence-electron chi connectivity index (χ2n) is 8.57. The maximum atomic E-state index is 11.2. The summed E-state index contributed by atoms with van der Waals surface area (Å²) in [5.41, 5.74) is 6.82. The third-order valence-electron chi connectivity index (χ3n) is 6.57. The van der Waals surface area contributed by atoms with Gasteiger partial charge in [-0.05, 0) is 79.5 Å². The van der Waals surface area contributed by atoms with E-state index in [4.69, 9.17) is 5.11 Å². The number of hydrogen-bond acceptors (Lipinski definition) is 3. The lowest BCUT2D eigenvalue weighted by atomic mass is 9.92. The number of H-pyrrole nitrogens is 1. The molecule has 0 spiro atoms. The Labute approximate surface area is 170 Å². The van der Waals surface area contributed by atoms with E-state index >= 15 is 0 Å². The number of nitrogens with one attached hydrogen (secondary N) is 1. The molecule has 1 aliphatic heterocycles. The summed E-state index contributed by atoms with van der Waals surface area (Å²) in [4.78, 5) is 21.3. The van der Waals surface area contributed by atoms with Crippen LogP contribution in [0.1, 0.15) is 76.8 Å². The standard InChI is InChI=1S/C24H27N3O2/c1-15-12-19(16-5-6-16)20(18-9-10-25-23(15)18)14-27-11-3-2-4-22(27)17-7-8-21(24(28)29)26-13-17/h7-10,12-13,16,22,25H,2-6,11,14H2,1H3,(H,28,29)/t22-/m0/s1. The topological polar surface area (TPSA) is 69.2 Å². The van der Waals surface area contributed by atoms with Crippen molar-refractivity contribution in [1.82, 2.24) is 14.9 Å². The van der Waals surface area contributed by atoms with Crippen LogP contribution in [0.5, 0.6) is 0 Å². The predicted octanol–water partition coefficient (Wildman–Crippen LogP) is 5.17. The number of likely N-dealkylation sites (tertiary alicyclic amines) is 1. The molecule has 0 unspecified atom stereocenters. The van der Waals surface area contributed by atoms with Crippen LogP contribution in [0.2, 0.25) is 0 Å². The summed E-state index contributed by atoms with van der Waals surface area (Å²) in [6.07, 6.45) is 9.91. The SMILES string of the molecule is Cc1cc(C2CC2)c(CN2CCCC[C@H]2c2ccc(C(=O)O)nc2)c2cc[nH]c12. The molecule has 0 bridgehead atoms. The lowest BCUT2D eigenvalue weighted by Gasteiger charge is -2.36. The van der Waals surface area contributed by atoms with E-state index in [9.17, 15) is 4.79 Å². The molecule has 2 aromatic heterocycles. The van der Waals surface area contributed by atoms with E-state index in [1.54, 1.807) is 12.3 Å². The Kier molecular flexibility index (Phi) is 4.63. The van der Waals surface area contributed by atoms with Crippen molar-refractivity contribution in [2.24, 2.45) is 0 Å². The largest absolute Gasteiger partial charge is 0.477 e. The zero-order valence-electron chi connectivity index (χ0n) is 16.8. The van der Waals surface area contributed by atoms with Crippen LogP contribution in [-0.2, 0) is 6.54 Å². The van der Waals surface area contributed by atoms with Gasteiger partial charge in [0, 0.05) is 35.9 Å². The molecule has 2 fully saturated rings. The van der Waals surface area contributed by atoms with Crippen LogP contribution >= 0.6 is 0 Å². The number of nitrogens with zero attached hydrogens (tertiary/aromatic N) is 2. The average molecular weight is 389 g/mol. The molecule has 29 heavy (non-hydrogen) atoms. The van der Waals surface area contributed by atoms with Gasteiger partial charge < -0.3 is 10.1 Å². The van der Waals surface area contributed by atoms with Crippen LogP contribution in [0.15, 0.2) is 36.7 Å². The Hall–Kier alpha value is -2.66. The average Bonchev–Trinajstić information content (AvgIpc) is 3.46. The molecule has 1 saturated heterocycles. The Morgan fingerprint density at radius 1 is 1.24 bits per heavy atom. The normalized spacial score (nSPS) is 20.2. The maximum absolute atomic E-state index is 11.2. The van der Waals surface area contributed by atoms with Gasteiger partial charge in [-0.3, -0.25) is 4.90 Å². The molecule has 5 heteroatoms. The van der Waals surface area contributed by atoms with E-state index in [0.717, 1.165) is 25.1 Å². The molecular weight excluding hydrogens is 362 g/mol. The van der Waals surface area contributed by atoms with Crippen LogP contribution < -0.4 is 0 Å². The van der Waals surface area contributed by atoms with Crippen LogP contribution in [-0.4, -0.2) is 32.5 Å². The number of piperidine rings is 1. The minimum atomic E-state index is -0.972. The first-order chi connectivity index (χ1) is 14.1. The predicted molar refractivity (Wildman–Crippen MR) is 113 cm³/mol. The number of carbonyl (C=O) groups is 1. The van der Waals surface area contributed by atoms with Gasteiger partial charge in [0.15, 0.2) is 0 Å². The number of benzene rings is 1. The first-order valence-electron chi connectivity index (χ1n) is 10.6. The summed E-state index contributed by atoms with van der Waals surface area (Å²) in [6, 6.07) is 8.50. The first kappa shape index (κ1) is 18.4.